The molecule has 0 aromatic heterocycles. The molecule has 0 spiro atoms. The lowest BCUT2D eigenvalue weighted by atomic mass is 9.89. The number of hydrogen-bond acceptors (Lipinski definition) is 2. The molecule has 9 heavy (non-hydrogen) atoms. The lowest BCUT2D eigenvalue weighted by Gasteiger charge is -2.16. The second-order valence-corrected chi connectivity index (χ2v) is 3.19. The van der Waals surface area contributed by atoms with Crippen LogP contribution in [0.1, 0.15) is 19.8 Å². The zero-order valence-corrected chi connectivity index (χ0v) is 5.58. The van der Waals surface area contributed by atoms with Crippen molar-refractivity contribution in [2.45, 2.75) is 38.1 Å². The average molecular weight is 128 g/mol. The third-order valence-corrected chi connectivity index (χ3v) is 2.42. The number of rotatable bonds is 0. The Morgan fingerprint density at radius 3 is 2.78 bits per heavy atom. The summed E-state index contributed by atoms with van der Waals surface area (Å²) < 4.78 is 5.25. The van der Waals surface area contributed by atoms with E-state index in [0.29, 0.717) is 12.0 Å². The summed E-state index contributed by atoms with van der Waals surface area (Å²) in [5.74, 6) is 0.679. The summed E-state index contributed by atoms with van der Waals surface area (Å²) in [5.41, 5.74) is 0. The molecule has 4 unspecified atom stereocenters. The number of epoxide rings is 1. The highest BCUT2D eigenvalue weighted by atomic mass is 16.6. The second kappa shape index (κ2) is 1.70. The summed E-state index contributed by atoms with van der Waals surface area (Å²) >= 11 is 0. The van der Waals surface area contributed by atoms with Crippen molar-refractivity contribution in [1.29, 1.82) is 0 Å². The van der Waals surface area contributed by atoms with Crippen LogP contribution in [0.15, 0.2) is 0 Å². The molecule has 1 saturated carbocycles. The minimum Gasteiger partial charge on any atom is -0.390 e. The molecule has 0 aromatic rings. The van der Waals surface area contributed by atoms with Crippen LogP contribution in [0.5, 0.6) is 0 Å². The van der Waals surface area contributed by atoms with E-state index < -0.39 is 0 Å². The van der Waals surface area contributed by atoms with Crippen LogP contribution in [0, 0.1) is 5.92 Å². The third-order valence-electron chi connectivity index (χ3n) is 2.42. The molecule has 4 atom stereocenters. The molecule has 0 bridgehead atoms. The van der Waals surface area contributed by atoms with E-state index in [9.17, 15) is 5.11 Å². The van der Waals surface area contributed by atoms with Crippen LogP contribution in [-0.4, -0.2) is 23.4 Å². The Morgan fingerprint density at radius 1 is 1.33 bits per heavy atom. The standard InChI is InChI=1S/C7H12O2/c1-4-2-3-5(8)7-6(4)9-7/h4-8H,2-3H2,1H3. The molecule has 2 heteroatoms. The Labute approximate surface area is 54.8 Å². The van der Waals surface area contributed by atoms with Gasteiger partial charge in [-0.05, 0) is 18.8 Å². The Balaban J connectivity index is 2.01. The van der Waals surface area contributed by atoms with Gasteiger partial charge >= 0.3 is 0 Å². The molecule has 0 radical (unpaired) electrons. The summed E-state index contributed by atoms with van der Waals surface area (Å²) in [4.78, 5) is 0. The molecule has 2 rings (SSSR count). The van der Waals surface area contributed by atoms with Gasteiger partial charge in [0.1, 0.15) is 6.10 Å². The van der Waals surface area contributed by atoms with E-state index in [0.717, 1.165) is 12.8 Å². The molecule has 2 fully saturated rings. The van der Waals surface area contributed by atoms with E-state index in [4.69, 9.17) is 4.74 Å². The predicted octanol–water partition coefficient (Wildman–Crippen LogP) is 0.545. The molecule has 0 amide bonds. The third kappa shape index (κ3) is 0.775. The summed E-state index contributed by atoms with van der Waals surface area (Å²) in [6.07, 6.45) is 2.50. The number of hydrogen-bond donors (Lipinski definition) is 1. The Kier molecular flexibility index (Phi) is 1.08. The number of ether oxygens (including phenoxy) is 1. The first-order chi connectivity index (χ1) is 4.29. The van der Waals surface area contributed by atoms with Gasteiger partial charge in [0.2, 0.25) is 0 Å². The monoisotopic (exact) mass is 128 g/mol. The van der Waals surface area contributed by atoms with Crippen molar-refractivity contribution < 1.29 is 9.84 Å². The van der Waals surface area contributed by atoms with Gasteiger partial charge in [-0.2, -0.15) is 0 Å². The normalized spacial score (nSPS) is 56.7. The molecule has 52 valence electrons. The molecule has 2 nitrogen and oxygen atoms in total. The van der Waals surface area contributed by atoms with Crippen LogP contribution in [0.2, 0.25) is 0 Å². The summed E-state index contributed by atoms with van der Waals surface area (Å²) in [6.45, 7) is 2.19. The van der Waals surface area contributed by atoms with E-state index in [1.807, 2.05) is 0 Å². The smallest absolute Gasteiger partial charge is 0.110 e. The molecule has 1 N–H and O–H groups in total. The van der Waals surface area contributed by atoms with Crippen LogP contribution in [0.3, 0.4) is 0 Å². The quantitative estimate of drug-likeness (QED) is 0.483. The van der Waals surface area contributed by atoms with Crippen LogP contribution in [0.4, 0.5) is 0 Å². The van der Waals surface area contributed by atoms with Crippen LogP contribution in [-0.2, 0) is 4.74 Å². The second-order valence-electron chi connectivity index (χ2n) is 3.19. The molecule has 1 saturated heterocycles. The van der Waals surface area contributed by atoms with Crippen molar-refractivity contribution in [3.05, 3.63) is 0 Å². The lowest BCUT2D eigenvalue weighted by molar-refractivity contribution is 0.119. The van der Waals surface area contributed by atoms with Crippen molar-refractivity contribution in [3.8, 4) is 0 Å². The lowest BCUT2D eigenvalue weighted by Crippen LogP contribution is -2.25. The Morgan fingerprint density at radius 2 is 2.11 bits per heavy atom. The Bertz CT molecular complexity index is 110. The van der Waals surface area contributed by atoms with E-state index in [1.165, 1.54) is 0 Å². The van der Waals surface area contributed by atoms with Gasteiger partial charge < -0.3 is 9.84 Å². The van der Waals surface area contributed by atoms with Gasteiger partial charge in [-0.25, -0.2) is 0 Å². The van der Waals surface area contributed by atoms with Gasteiger partial charge in [-0.1, -0.05) is 6.92 Å². The number of aliphatic hydroxyl groups excluding tert-OH is 1. The van der Waals surface area contributed by atoms with Crippen molar-refractivity contribution in [2.75, 3.05) is 0 Å². The maximum absolute atomic E-state index is 9.21. The molecule has 2 aliphatic rings. The van der Waals surface area contributed by atoms with Crippen molar-refractivity contribution in [1.82, 2.24) is 0 Å². The summed E-state index contributed by atoms with van der Waals surface area (Å²) in [7, 11) is 0. The maximum Gasteiger partial charge on any atom is 0.110 e. The fourth-order valence-electron chi connectivity index (χ4n) is 1.67. The Hall–Kier alpha value is -0.0800. The molecular weight excluding hydrogens is 116 g/mol. The van der Waals surface area contributed by atoms with Gasteiger partial charge in [0.15, 0.2) is 0 Å². The molecular formula is C7H12O2. The zero-order chi connectivity index (χ0) is 6.43. The van der Waals surface area contributed by atoms with E-state index >= 15 is 0 Å². The molecule has 0 aromatic carbocycles. The number of fused-ring (bicyclic) bond motifs is 1. The van der Waals surface area contributed by atoms with Crippen LogP contribution in [0.25, 0.3) is 0 Å². The molecule has 1 heterocycles. The first-order valence-electron chi connectivity index (χ1n) is 3.62. The van der Waals surface area contributed by atoms with Crippen molar-refractivity contribution in [3.63, 3.8) is 0 Å². The SMILES string of the molecule is CC1CCC(O)C2OC12. The van der Waals surface area contributed by atoms with E-state index in [2.05, 4.69) is 6.92 Å². The van der Waals surface area contributed by atoms with E-state index in [-0.39, 0.29) is 12.2 Å². The van der Waals surface area contributed by atoms with Crippen LogP contribution >= 0.6 is 0 Å². The van der Waals surface area contributed by atoms with Gasteiger partial charge in [-0.3, -0.25) is 0 Å². The van der Waals surface area contributed by atoms with Gasteiger partial charge in [0.25, 0.3) is 0 Å². The van der Waals surface area contributed by atoms with E-state index in [1.54, 1.807) is 0 Å². The topological polar surface area (TPSA) is 32.8 Å². The van der Waals surface area contributed by atoms with Gasteiger partial charge in [0.05, 0.1) is 12.2 Å². The van der Waals surface area contributed by atoms with Gasteiger partial charge in [-0.15, -0.1) is 0 Å². The molecule has 1 aliphatic heterocycles. The minimum atomic E-state index is -0.161. The highest BCUT2D eigenvalue weighted by Gasteiger charge is 2.50. The number of aliphatic hydroxyl groups is 1. The van der Waals surface area contributed by atoms with Crippen molar-refractivity contribution >= 4 is 0 Å². The van der Waals surface area contributed by atoms with Gasteiger partial charge in [0, 0.05) is 0 Å². The average Bonchev–Trinajstić information content (AvgIpc) is 2.57. The summed E-state index contributed by atoms with van der Waals surface area (Å²) in [5, 5.41) is 9.21. The highest BCUT2D eigenvalue weighted by molar-refractivity contribution is 4.97. The predicted molar refractivity (Wildman–Crippen MR) is 33.1 cm³/mol. The summed E-state index contributed by atoms with van der Waals surface area (Å²) in [6, 6.07) is 0. The highest BCUT2D eigenvalue weighted by Crippen LogP contribution is 2.40. The molecule has 1 aliphatic carbocycles. The largest absolute Gasteiger partial charge is 0.390 e. The first kappa shape index (κ1) is 5.69. The maximum atomic E-state index is 9.21. The van der Waals surface area contributed by atoms with Crippen LogP contribution < -0.4 is 0 Å². The van der Waals surface area contributed by atoms with Crippen molar-refractivity contribution in [2.24, 2.45) is 5.92 Å². The zero-order valence-electron chi connectivity index (χ0n) is 5.58. The fourth-order valence-corrected chi connectivity index (χ4v) is 1.67. The minimum absolute atomic E-state index is 0.161. The fraction of sp³-hybridized carbons (Fsp3) is 1.00. The first-order valence-corrected chi connectivity index (χ1v) is 3.62.